The minimum Gasteiger partial charge on any atom is -0.293 e. The van der Waals surface area contributed by atoms with Gasteiger partial charge in [0.2, 0.25) is 0 Å². The fourth-order valence-corrected chi connectivity index (χ4v) is 5.03. The maximum atomic E-state index is 13.3. The molecule has 2 heterocycles. The van der Waals surface area contributed by atoms with Crippen LogP contribution in [0.1, 0.15) is 16.1 Å². The number of para-hydroxylation sites is 2. The molecule has 0 bridgehead atoms. The van der Waals surface area contributed by atoms with Crippen molar-refractivity contribution in [2.24, 2.45) is 7.05 Å². The van der Waals surface area contributed by atoms with Crippen molar-refractivity contribution in [3.8, 4) is 22.6 Å². The van der Waals surface area contributed by atoms with Gasteiger partial charge in [-0.1, -0.05) is 78.5 Å². The fraction of sp³-hybridized carbons (Fsp3) is 0.107. The summed E-state index contributed by atoms with van der Waals surface area (Å²) in [6.07, 6.45) is 1.82. The van der Waals surface area contributed by atoms with Gasteiger partial charge in [0, 0.05) is 24.0 Å². The highest BCUT2D eigenvalue weighted by atomic mass is 32.2. The average Bonchev–Trinajstić information content (AvgIpc) is 3.42. The lowest BCUT2D eigenvalue weighted by molar-refractivity contribution is 0.102. The largest absolute Gasteiger partial charge is 0.293 e. The van der Waals surface area contributed by atoms with Gasteiger partial charge in [-0.05, 0) is 31.2 Å². The molecule has 0 atom stereocenters. The minimum absolute atomic E-state index is 0.104. The number of ketones is 1. The number of hydrogen-bond acceptors (Lipinski definition) is 4. The number of benzene rings is 3. The normalized spacial score (nSPS) is 11.0. The second-order valence-corrected chi connectivity index (χ2v) is 9.05. The molecule has 2 aromatic heterocycles. The van der Waals surface area contributed by atoms with Crippen LogP contribution in [-0.2, 0) is 7.05 Å². The van der Waals surface area contributed by atoms with Crippen LogP contribution in [0.2, 0.25) is 0 Å². The molecular weight excluding hydrogens is 456 g/mol. The number of nitrogens with zero attached hydrogens (tertiary/aromatic N) is 4. The van der Waals surface area contributed by atoms with Gasteiger partial charge in [0.15, 0.2) is 10.9 Å². The van der Waals surface area contributed by atoms with Gasteiger partial charge >= 0.3 is 0 Å². The number of carbonyl (C=O) groups is 1. The van der Waals surface area contributed by atoms with Gasteiger partial charge in [0.05, 0.1) is 23.3 Å². The van der Waals surface area contributed by atoms with Crippen molar-refractivity contribution in [2.45, 2.75) is 12.1 Å². The Morgan fingerprint density at radius 2 is 1.43 bits per heavy atom. The van der Waals surface area contributed by atoms with Crippen LogP contribution in [-0.4, -0.2) is 30.5 Å². The Bertz CT molecular complexity index is 1530. The van der Waals surface area contributed by atoms with Gasteiger partial charge in [-0.2, -0.15) is 0 Å². The van der Waals surface area contributed by atoms with Crippen molar-refractivity contribution >= 4 is 17.5 Å². The van der Waals surface area contributed by atoms with Crippen molar-refractivity contribution < 1.29 is 4.79 Å². The number of imidazole rings is 1. The summed E-state index contributed by atoms with van der Waals surface area (Å²) in [5.41, 5.74) is 4.20. The first kappa shape index (κ1) is 22.7. The van der Waals surface area contributed by atoms with E-state index < -0.39 is 0 Å². The Hall–Kier alpha value is -4.10. The average molecular weight is 481 g/mol. The van der Waals surface area contributed by atoms with E-state index in [4.69, 9.17) is 0 Å². The van der Waals surface area contributed by atoms with E-state index in [2.05, 4.69) is 4.98 Å². The predicted octanol–water partition coefficient (Wildman–Crippen LogP) is 5.31. The third kappa shape index (κ3) is 4.26. The van der Waals surface area contributed by atoms with Crippen LogP contribution in [0.4, 0.5) is 0 Å². The Kier molecular flexibility index (Phi) is 6.25. The summed E-state index contributed by atoms with van der Waals surface area (Å²) >= 11 is 1.33. The standard InChI is InChI=1S/C28H24N4O2S/c1-20-26(27(34)32(30(20)2)23-16-10-5-11-17-23)25(33)19-35-28-29-18-24(21-12-6-3-7-13-21)31(28)22-14-8-4-9-15-22/h3-18H,19H2,1-2H3. The molecule has 0 fully saturated rings. The maximum absolute atomic E-state index is 13.3. The van der Waals surface area contributed by atoms with Crippen LogP contribution in [0.15, 0.2) is 107 Å². The van der Waals surface area contributed by atoms with Gasteiger partial charge in [-0.3, -0.25) is 18.8 Å². The Labute approximate surface area is 207 Å². The highest BCUT2D eigenvalue weighted by Crippen LogP contribution is 2.30. The molecule has 0 N–H and O–H groups in total. The maximum Gasteiger partial charge on any atom is 0.282 e. The van der Waals surface area contributed by atoms with Crippen molar-refractivity contribution in [3.05, 3.63) is 119 Å². The number of carbonyl (C=O) groups excluding carboxylic acids is 1. The quantitative estimate of drug-likeness (QED) is 0.234. The Morgan fingerprint density at radius 3 is 2.06 bits per heavy atom. The topological polar surface area (TPSA) is 61.8 Å². The molecule has 7 heteroatoms. The van der Waals surface area contributed by atoms with Crippen molar-refractivity contribution in [3.63, 3.8) is 0 Å². The van der Waals surface area contributed by atoms with E-state index in [-0.39, 0.29) is 22.7 Å². The molecule has 174 valence electrons. The van der Waals surface area contributed by atoms with E-state index in [1.807, 2.05) is 102 Å². The van der Waals surface area contributed by atoms with Gasteiger partial charge < -0.3 is 0 Å². The van der Waals surface area contributed by atoms with E-state index >= 15 is 0 Å². The first-order valence-electron chi connectivity index (χ1n) is 11.2. The number of aromatic nitrogens is 4. The third-order valence-corrected chi connectivity index (χ3v) is 6.93. The SMILES string of the molecule is Cc1c(C(=O)CSc2ncc(-c3ccccc3)n2-c2ccccc2)c(=O)n(-c2ccccc2)n1C. The van der Waals surface area contributed by atoms with E-state index in [0.29, 0.717) is 10.9 Å². The van der Waals surface area contributed by atoms with Gasteiger partial charge in [0.25, 0.3) is 5.56 Å². The summed E-state index contributed by atoms with van der Waals surface area (Å²) in [6.45, 7) is 1.80. The molecule has 3 aromatic carbocycles. The molecule has 0 aliphatic heterocycles. The molecule has 5 aromatic rings. The number of hydrogen-bond donors (Lipinski definition) is 0. The molecular formula is C28H24N4O2S. The summed E-state index contributed by atoms with van der Waals surface area (Å²) in [5, 5.41) is 0.695. The number of thioether (sulfide) groups is 1. The van der Waals surface area contributed by atoms with Crippen molar-refractivity contribution in [1.82, 2.24) is 18.9 Å². The van der Waals surface area contributed by atoms with Crippen LogP contribution >= 0.6 is 11.8 Å². The molecule has 0 radical (unpaired) electrons. The molecule has 0 aliphatic carbocycles. The summed E-state index contributed by atoms with van der Waals surface area (Å²) < 4.78 is 5.31. The van der Waals surface area contributed by atoms with Crippen LogP contribution in [0.5, 0.6) is 0 Å². The minimum atomic E-state index is -0.307. The lowest BCUT2D eigenvalue weighted by atomic mass is 10.1. The lowest BCUT2D eigenvalue weighted by Crippen LogP contribution is -2.23. The zero-order chi connectivity index (χ0) is 24.4. The van der Waals surface area contributed by atoms with Gasteiger partial charge in [-0.15, -0.1) is 0 Å². The molecule has 0 aliphatic rings. The molecule has 0 amide bonds. The van der Waals surface area contributed by atoms with E-state index in [0.717, 1.165) is 22.6 Å². The summed E-state index contributed by atoms with van der Waals surface area (Å²) in [5.74, 6) is -0.112. The van der Waals surface area contributed by atoms with Crippen molar-refractivity contribution in [2.75, 3.05) is 5.75 Å². The van der Waals surface area contributed by atoms with Crippen LogP contribution < -0.4 is 5.56 Å². The summed E-state index contributed by atoms with van der Waals surface area (Å²) in [6, 6.07) is 29.3. The predicted molar refractivity (Wildman–Crippen MR) is 140 cm³/mol. The monoisotopic (exact) mass is 480 g/mol. The van der Waals surface area contributed by atoms with E-state index in [1.54, 1.807) is 18.7 Å². The fourth-order valence-electron chi connectivity index (χ4n) is 4.17. The van der Waals surface area contributed by atoms with Crippen molar-refractivity contribution in [1.29, 1.82) is 0 Å². The zero-order valence-corrected chi connectivity index (χ0v) is 20.3. The first-order chi connectivity index (χ1) is 17.1. The van der Waals surface area contributed by atoms with Crippen LogP contribution in [0.3, 0.4) is 0 Å². The number of Topliss-reactive ketones (excluding diaryl/α,β-unsaturated/α-hetero) is 1. The molecule has 6 nitrogen and oxygen atoms in total. The zero-order valence-electron chi connectivity index (χ0n) is 19.5. The molecule has 0 unspecified atom stereocenters. The summed E-state index contributed by atoms with van der Waals surface area (Å²) in [7, 11) is 1.79. The van der Waals surface area contributed by atoms with E-state index in [9.17, 15) is 9.59 Å². The smallest absolute Gasteiger partial charge is 0.282 e. The highest BCUT2D eigenvalue weighted by Gasteiger charge is 2.23. The molecule has 0 saturated heterocycles. The lowest BCUT2D eigenvalue weighted by Gasteiger charge is -2.12. The van der Waals surface area contributed by atoms with Crippen LogP contribution in [0, 0.1) is 6.92 Å². The van der Waals surface area contributed by atoms with Crippen LogP contribution in [0.25, 0.3) is 22.6 Å². The third-order valence-electron chi connectivity index (χ3n) is 5.98. The van der Waals surface area contributed by atoms with Gasteiger partial charge in [-0.25, -0.2) is 9.67 Å². The number of rotatable bonds is 7. The first-order valence-corrected chi connectivity index (χ1v) is 12.2. The van der Waals surface area contributed by atoms with E-state index in [1.165, 1.54) is 16.4 Å². The second-order valence-electron chi connectivity index (χ2n) is 8.11. The Morgan fingerprint density at radius 1 is 0.857 bits per heavy atom. The van der Waals surface area contributed by atoms with Gasteiger partial charge in [0.1, 0.15) is 5.56 Å². The molecule has 35 heavy (non-hydrogen) atoms. The summed E-state index contributed by atoms with van der Waals surface area (Å²) in [4.78, 5) is 31.2. The second kappa shape index (κ2) is 9.64. The Balaban J connectivity index is 1.48. The highest BCUT2D eigenvalue weighted by molar-refractivity contribution is 7.99. The molecule has 5 rings (SSSR count). The molecule has 0 spiro atoms. The molecule has 0 saturated carbocycles.